The lowest BCUT2D eigenvalue weighted by Gasteiger charge is -2.52. The number of carbonyl (C=O) groups is 2. The second kappa shape index (κ2) is 9.43. The van der Waals surface area contributed by atoms with Crippen molar-refractivity contribution in [2.45, 2.75) is 75.2 Å². The maximum absolute atomic E-state index is 13.2. The molecule has 0 heterocycles. The van der Waals surface area contributed by atoms with E-state index in [4.69, 9.17) is 9.47 Å². The van der Waals surface area contributed by atoms with Gasteiger partial charge in [0.15, 0.2) is 0 Å². The van der Waals surface area contributed by atoms with E-state index in [1.807, 2.05) is 48.5 Å². The van der Waals surface area contributed by atoms with Crippen LogP contribution in [0.3, 0.4) is 0 Å². The molecule has 0 radical (unpaired) electrons. The molecule has 0 N–H and O–H groups in total. The summed E-state index contributed by atoms with van der Waals surface area (Å²) in [6.07, 6.45) is 1.16. The Morgan fingerprint density at radius 2 is 1.21 bits per heavy atom. The molecule has 0 rings (SSSR count). The lowest BCUT2D eigenvalue weighted by atomic mass is 9.50. The van der Waals surface area contributed by atoms with E-state index in [1.54, 1.807) is 0 Å². The van der Waals surface area contributed by atoms with Gasteiger partial charge in [0.25, 0.3) is 0 Å². The van der Waals surface area contributed by atoms with E-state index >= 15 is 0 Å². The first-order valence-corrected chi connectivity index (χ1v) is 9.42. The second-order valence-corrected chi connectivity index (χ2v) is 7.65. The summed E-state index contributed by atoms with van der Waals surface area (Å²) in [6.45, 7) is 18.5. The van der Waals surface area contributed by atoms with Crippen molar-refractivity contribution in [3.8, 4) is 0 Å². The summed E-state index contributed by atoms with van der Waals surface area (Å²) in [4.78, 5) is 26.4. The lowest BCUT2D eigenvalue weighted by molar-refractivity contribution is -0.196. The van der Waals surface area contributed by atoms with Gasteiger partial charge in [-0.05, 0) is 44.4 Å². The minimum Gasteiger partial charge on any atom is -0.466 e. The van der Waals surface area contributed by atoms with Crippen molar-refractivity contribution in [2.24, 2.45) is 28.6 Å². The molecule has 0 saturated heterocycles. The van der Waals surface area contributed by atoms with Gasteiger partial charge in [0.05, 0.1) is 24.0 Å². The van der Waals surface area contributed by atoms with Gasteiger partial charge in [-0.25, -0.2) is 0 Å². The summed E-state index contributed by atoms with van der Waals surface area (Å²) < 4.78 is 11.0. The Bertz CT molecular complexity index is 404. The molecule has 0 aliphatic heterocycles. The van der Waals surface area contributed by atoms with Crippen molar-refractivity contribution in [1.82, 2.24) is 0 Å². The summed E-state index contributed by atoms with van der Waals surface area (Å²) in [7, 11) is 0. The fraction of sp³-hybridized carbons (Fsp3) is 0.900. The van der Waals surface area contributed by atoms with Crippen LogP contribution < -0.4 is 0 Å². The Labute approximate surface area is 148 Å². The predicted octanol–water partition coefficient (Wildman–Crippen LogP) is 4.85. The van der Waals surface area contributed by atoms with Crippen LogP contribution in [0.15, 0.2) is 0 Å². The number of carbonyl (C=O) groups excluding carboxylic acids is 2. The van der Waals surface area contributed by atoms with Crippen LogP contribution in [0.4, 0.5) is 0 Å². The Morgan fingerprint density at radius 1 is 0.792 bits per heavy atom. The standard InChI is InChI=1S/C20H38O4/c1-10-19(13-14(4)5,17(21)23-11-2)20(15(6)7,16(8)9)18(22)24-12-3/h14-16H,10-13H2,1-9H3. The molecule has 0 aromatic rings. The Balaban J connectivity index is 6.65. The zero-order chi connectivity index (χ0) is 19.1. The Morgan fingerprint density at radius 3 is 1.50 bits per heavy atom. The van der Waals surface area contributed by atoms with Crippen molar-refractivity contribution in [3.63, 3.8) is 0 Å². The molecule has 1 unspecified atom stereocenters. The number of ether oxygens (including phenoxy) is 2. The number of hydrogen-bond acceptors (Lipinski definition) is 4. The smallest absolute Gasteiger partial charge is 0.313 e. The van der Waals surface area contributed by atoms with Gasteiger partial charge in [0.1, 0.15) is 0 Å². The first kappa shape index (κ1) is 22.9. The maximum Gasteiger partial charge on any atom is 0.313 e. The quantitative estimate of drug-likeness (QED) is 0.532. The largest absolute Gasteiger partial charge is 0.466 e. The highest BCUT2D eigenvalue weighted by Gasteiger charge is 2.64. The monoisotopic (exact) mass is 342 g/mol. The van der Waals surface area contributed by atoms with Crippen molar-refractivity contribution in [2.75, 3.05) is 13.2 Å². The van der Waals surface area contributed by atoms with Gasteiger partial charge in [0, 0.05) is 0 Å². The van der Waals surface area contributed by atoms with E-state index in [1.165, 1.54) is 0 Å². The van der Waals surface area contributed by atoms with Gasteiger partial charge in [-0.3, -0.25) is 9.59 Å². The van der Waals surface area contributed by atoms with E-state index in [0.717, 1.165) is 0 Å². The highest BCUT2D eigenvalue weighted by Crippen LogP contribution is 2.57. The molecule has 0 aromatic heterocycles. The highest BCUT2D eigenvalue weighted by molar-refractivity contribution is 5.89. The number of hydrogen-bond donors (Lipinski definition) is 0. The normalized spacial score (nSPS) is 14.8. The zero-order valence-electron chi connectivity index (χ0n) is 17.2. The summed E-state index contributed by atoms with van der Waals surface area (Å²) in [5, 5.41) is 0. The van der Waals surface area contributed by atoms with Crippen molar-refractivity contribution in [1.29, 1.82) is 0 Å². The van der Waals surface area contributed by atoms with Crippen LogP contribution in [0.1, 0.15) is 75.2 Å². The maximum atomic E-state index is 13.2. The average Bonchev–Trinajstić information content (AvgIpc) is 2.45. The third kappa shape index (κ3) is 3.94. The summed E-state index contributed by atoms with van der Waals surface area (Å²) in [5.74, 6) is -0.359. The van der Waals surface area contributed by atoms with E-state index in [2.05, 4.69) is 13.8 Å². The minimum atomic E-state index is -0.908. The first-order valence-electron chi connectivity index (χ1n) is 9.42. The SMILES string of the molecule is CCOC(=O)C(CC)(CC(C)C)C(C(=O)OCC)(C(C)C)C(C)C. The van der Waals surface area contributed by atoms with Gasteiger partial charge < -0.3 is 9.47 Å². The molecule has 0 bridgehead atoms. The third-order valence-electron chi connectivity index (χ3n) is 5.25. The van der Waals surface area contributed by atoms with Gasteiger partial charge in [-0.15, -0.1) is 0 Å². The molecule has 0 aliphatic carbocycles. The van der Waals surface area contributed by atoms with Crippen LogP contribution in [0.25, 0.3) is 0 Å². The molecule has 4 nitrogen and oxygen atoms in total. The fourth-order valence-corrected chi connectivity index (χ4v) is 4.66. The van der Waals surface area contributed by atoms with Crippen LogP contribution in [0.2, 0.25) is 0 Å². The first-order chi connectivity index (χ1) is 11.1. The van der Waals surface area contributed by atoms with Gasteiger partial charge in [-0.1, -0.05) is 48.5 Å². The molecular weight excluding hydrogens is 304 g/mol. The van der Waals surface area contributed by atoms with Crippen LogP contribution in [0, 0.1) is 28.6 Å². The molecule has 0 aromatic carbocycles. The van der Waals surface area contributed by atoms with E-state index < -0.39 is 10.8 Å². The fourth-order valence-electron chi connectivity index (χ4n) is 4.66. The van der Waals surface area contributed by atoms with Gasteiger partial charge in [-0.2, -0.15) is 0 Å². The summed E-state index contributed by atoms with van der Waals surface area (Å²) in [6, 6.07) is 0. The lowest BCUT2D eigenvalue weighted by Crippen LogP contribution is -2.59. The molecule has 0 spiro atoms. The topological polar surface area (TPSA) is 52.6 Å². The molecule has 0 aliphatic rings. The molecule has 1 atom stereocenters. The number of esters is 2. The van der Waals surface area contributed by atoms with Crippen molar-refractivity contribution >= 4 is 11.9 Å². The Hall–Kier alpha value is -1.06. The zero-order valence-corrected chi connectivity index (χ0v) is 17.2. The molecule has 0 saturated carbocycles. The molecule has 0 amide bonds. The Kier molecular flexibility index (Phi) is 9.01. The van der Waals surface area contributed by atoms with Crippen LogP contribution in [0.5, 0.6) is 0 Å². The predicted molar refractivity (Wildman–Crippen MR) is 97.6 cm³/mol. The van der Waals surface area contributed by atoms with Gasteiger partial charge >= 0.3 is 11.9 Å². The minimum absolute atomic E-state index is 0.0420. The van der Waals surface area contributed by atoms with E-state index in [9.17, 15) is 9.59 Å². The van der Waals surface area contributed by atoms with E-state index in [0.29, 0.717) is 26.1 Å². The summed E-state index contributed by atoms with van der Waals surface area (Å²) in [5.41, 5.74) is -1.79. The van der Waals surface area contributed by atoms with Crippen LogP contribution in [-0.4, -0.2) is 25.2 Å². The van der Waals surface area contributed by atoms with Crippen LogP contribution in [-0.2, 0) is 19.1 Å². The molecule has 4 heteroatoms. The molecule has 24 heavy (non-hydrogen) atoms. The van der Waals surface area contributed by atoms with Crippen molar-refractivity contribution in [3.05, 3.63) is 0 Å². The third-order valence-corrected chi connectivity index (χ3v) is 5.25. The second-order valence-electron chi connectivity index (χ2n) is 7.65. The van der Waals surface area contributed by atoms with E-state index in [-0.39, 0.29) is 29.7 Å². The molecule has 142 valence electrons. The number of rotatable bonds is 10. The van der Waals surface area contributed by atoms with Gasteiger partial charge in [0.2, 0.25) is 0 Å². The molecular formula is C20H38O4. The summed E-state index contributed by atoms with van der Waals surface area (Å²) >= 11 is 0. The molecule has 0 fully saturated rings. The average molecular weight is 343 g/mol. The van der Waals surface area contributed by atoms with Crippen molar-refractivity contribution < 1.29 is 19.1 Å². The highest BCUT2D eigenvalue weighted by atomic mass is 16.5. The van der Waals surface area contributed by atoms with Crippen LogP contribution >= 0.6 is 0 Å².